The van der Waals surface area contributed by atoms with E-state index in [1.807, 2.05) is 0 Å². The van der Waals surface area contributed by atoms with Crippen LogP contribution in [-0.2, 0) is 28.5 Å². The standard InChI is InChI=1S/C46H82O10/c1-3-5-7-9-11-13-15-17-18-19-20-21-23-24-26-28-30-32-34-41(48)53-37-39(38-54-46-45(52)44(51)43(50)40(36-47)56-46)55-42(49)35-33-31-29-27-25-22-16-14-12-10-8-6-4-2/h6,8,12,14,22,25,39-40,43-47,50-52H,3-5,7,9-11,13,15-21,23-24,26-38H2,1-2H3/b8-6-,14-12-,25-22-. The first-order chi connectivity index (χ1) is 27.3. The van der Waals surface area contributed by atoms with Crippen LogP contribution in [0.4, 0.5) is 0 Å². The fourth-order valence-corrected chi connectivity index (χ4v) is 6.73. The third-order valence-electron chi connectivity index (χ3n) is 10.3. The van der Waals surface area contributed by atoms with Crippen molar-refractivity contribution in [2.75, 3.05) is 19.8 Å². The highest BCUT2D eigenvalue weighted by atomic mass is 16.7. The van der Waals surface area contributed by atoms with E-state index in [9.17, 15) is 30.0 Å². The number of carbonyl (C=O) groups excluding carboxylic acids is 2. The number of hydrogen-bond acceptors (Lipinski definition) is 10. The van der Waals surface area contributed by atoms with Gasteiger partial charge < -0.3 is 39.4 Å². The van der Waals surface area contributed by atoms with Gasteiger partial charge in [0, 0.05) is 12.8 Å². The van der Waals surface area contributed by atoms with Crippen LogP contribution in [-0.4, -0.2) is 89.0 Å². The van der Waals surface area contributed by atoms with Crippen molar-refractivity contribution < 1.29 is 49.0 Å². The molecular weight excluding hydrogens is 712 g/mol. The molecule has 0 aliphatic carbocycles. The van der Waals surface area contributed by atoms with E-state index in [0.717, 1.165) is 57.8 Å². The van der Waals surface area contributed by atoms with Gasteiger partial charge in [-0.25, -0.2) is 0 Å². The summed E-state index contributed by atoms with van der Waals surface area (Å²) in [4.78, 5) is 25.3. The zero-order chi connectivity index (χ0) is 40.9. The molecule has 0 aromatic rings. The first-order valence-corrected chi connectivity index (χ1v) is 22.6. The Morgan fingerprint density at radius 1 is 0.571 bits per heavy atom. The van der Waals surface area contributed by atoms with E-state index in [1.54, 1.807) is 0 Å². The summed E-state index contributed by atoms with van der Waals surface area (Å²) in [7, 11) is 0. The lowest BCUT2D eigenvalue weighted by molar-refractivity contribution is -0.305. The summed E-state index contributed by atoms with van der Waals surface area (Å²) in [5.74, 6) is -0.836. The number of aliphatic hydroxyl groups excluding tert-OH is 4. The van der Waals surface area contributed by atoms with Gasteiger partial charge in [0.25, 0.3) is 0 Å². The summed E-state index contributed by atoms with van der Waals surface area (Å²) in [6, 6.07) is 0. The normalized spacial score (nSPS) is 20.7. The fourth-order valence-electron chi connectivity index (χ4n) is 6.73. The van der Waals surface area contributed by atoms with Crippen molar-refractivity contribution in [2.45, 2.75) is 224 Å². The highest BCUT2D eigenvalue weighted by molar-refractivity contribution is 5.70. The van der Waals surface area contributed by atoms with Gasteiger partial charge in [-0.05, 0) is 44.9 Å². The lowest BCUT2D eigenvalue weighted by atomic mass is 9.99. The van der Waals surface area contributed by atoms with Crippen LogP contribution in [0, 0.1) is 0 Å². The van der Waals surface area contributed by atoms with Gasteiger partial charge in [-0.15, -0.1) is 0 Å². The van der Waals surface area contributed by atoms with Crippen LogP contribution < -0.4 is 0 Å². The SMILES string of the molecule is CC/C=C\C/C=C\C/C=C\CCCCCC(=O)OC(COC(=O)CCCCCCCCCCCCCCCCCCCC)COC1OC(CO)C(O)C(O)C1O. The van der Waals surface area contributed by atoms with Gasteiger partial charge in [0.15, 0.2) is 12.4 Å². The highest BCUT2D eigenvalue weighted by Crippen LogP contribution is 2.23. The molecule has 1 aliphatic rings. The Kier molecular flexibility index (Phi) is 34.5. The second-order valence-corrected chi connectivity index (χ2v) is 15.5. The van der Waals surface area contributed by atoms with Crippen molar-refractivity contribution in [1.82, 2.24) is 0 Å². The van der Waals surface area contributed by atoms with Crippen molar-refractivity contribution in [3.63, 3.8) is 0 Å². The van der Waals surface area contributed by atoms with Crippen LogP contribution in [0.2, 0.25) is 0 Å². The molecule has 326 valence electrons. The summed E-state index contributed by atoms with van der Waals surface area (Å²) in [5, 5.41) is 40.0. The molecule has 0 aromatic carbocycles. The van der Waals surface area contributed by atoms with Crippen LogP contribution in [0.3, 0.4) is 0 Å². The summed E-state index contributed by atoms with van der Waals surface area (Å²) >= 11 is 0. The minimum atomic E-state index is -1.60. The van der Waals surface area contributed by atoms with Gasteiger partial charge in [0.2, 0.25) is 0 Å². The molecule has 10 nitrogen and oxygen atoms in total. The molecule has 10 heteroatoms. The Labute approximate surface area is 340 Å². The first kappa shape index (κ1) is 51.9. The number of rotatable bonds is 37. The average molecular weight is 795 g/mol. The van der Waals surface area contributed by atoms with Crippen LogP contribution >= 0.6 is 0 Å². The summed E-state index contributed by atoms with van der Waals surface area (Å²) in [6.45, 7) is 3.29. The largest absolute Gasteiger partial charge is 0.462 e. The number of ether oxygens (including phenoxy) is 4. The van der Waals surface area contributed by atoms with E-state index in [2.05, 4.69) is 50.3 Å². The van der Waals surface area contributed by atoms with Gasteiger partial charge in [-0.2, -0.15) is 0 Å². The molecule has 56 heavy (non-hydrogen) atoms. The van der Waals surface area contributed by atoms with E-state index >= 15 is 0 Å². The van der Waals surface area contributed by atoms with Gasteiger partial charge in [0.1, 0.15) is 31.0 Å². The van der Waals surface area contributed by atoms with E-state index < -0.39 is 49.4 Å². The van der Waals surface area contributed by atoms with E-state index in [1.165, 1.54) is 96.3 Å². The van der Waals surface area contributed by atoms with Gasteiger partial charge in [-0.1, -0.05) is 166 Å². The number of esters is 2. The molecule has 1 aliphatic heterocycles. The lowest BCUT2D eigenvalue weighted by Gasteiger charge is -2.39. The predicted molar refractivity (Wildman–Crippen MR) is 224 cm³/mol. The van der Waals surface area contributed by atoms with E-state index in [0.29, 0.717) is 6.42 Å². The van der Waals surface area contributed by atoms with E-state index in [4.69, 9.17) is 18.9 Å². The molecule has 0 aromatic heterocycles. The van der Waals surface area contributed by atoms with Crippen molar-refractivity contribution in [2.24, 2.45) is 0 Å². The first-order valence-electron chi connectivity index (χ1n) is 22.6. The van der Waals surface area contributed by atoms with Crippen molar-refractivity contribution in [3.8, 4) is 0 Å². The average Bonchev–Trinajstić information content (AvgIpc) is 3.19. The van der Waals surface area contributed by atoms with Crippen molar-refractivity contribution >= 4 is 11.9 Å². The molecule has 0 bridgehead atoms. The number of aliphatic hydroxyl groups is 4. The van der Waals surface area contributed by atoms with Crippen molar-refractivity contribution in [3.05, 3.63) is 36.5 Å². The third kappa shape index (κ3) is 28.3. The van der Waals surface area contributed by atoms with Crippen LogP contribution in [0.15, 0.2) is 36.5 Å². The Morgan fingerprint density at radius 2 is 1.05 bits per heavy atom. The minimum Gasteiger partial charge on any atom is -0.462 e. The number of hydrogen-bond donors (Lipinski definition) is 4. The maximum absolute atomic E-state index is 12.7. The monoisotopic (exact) mass is 795 g/mol. The molecule has 0 saturated carbocycles. The number of carbonyl (C=O) groups is 2. The maximum Gasteiger partial charge on any atom is 0.306 e. The second-order valence-electron chi connectivity index (χ2n) is 15.5. The number of allylic oxidation sites excluding steroid dienone is 6. The molecule has 1 heterocycles. The van der Waals surface area contributed by atoms with Gasteiger partial charge in [-0.3, -0.25) is 9.59 Å². The number of unbranched alkanes of at least 4 members (excludes halogenated alkanes) is 20. The minimum absolute atomic E-state index is 0.196. The molecule has 0 spiro atoms. The summed E-state index contributed by atoms with van der Waals surface area (Å²) < 4.78 is 22.1. The molecule has 1 saturated heterocycles. The van der Waals surface area contributed by atoms with Crippen LogP contribution in [0.5, 0.6) is 0 Å². The topological polar surface area (TPSA) is 152 Å². The quantitative estimate of drug-likeness (QED) is 0.0272. The fraction of sp³-hybridized carbons (Fsp3) is 0.826. The molecule has 1 fully saturated rings. The Hall–Kier alpha value is -2.08. The Bertz CT molecular complexity index is 1010. The smallest absolute Gasteiger partial charge is 0.306 e. The lowest BCUT2D eigenvalue weighted by Crippen LogP contribution is -2.59. The molecule has 0 radical (unpaired) electrons. The van der Waals surface area contributed by atoms with Gasteiger partial charge >= 0.3 is 11.9 Å². The summed E-state index contributed by atoms with van der Waals surface area (Å²) in [5.41, 5.74) is 0. The zero-order valence-electron chi connectivity index (χ0n) is 35.4. The molecular formula is C46H82O10. The Morgan fingerprint density at radius 3 is 1.59 bits per heavy atom. The Balaban J connectivity index is 2.31. The summed E-state index contributed by atoms with van der Waals surface area (Å²) in [6.07, 6.45) is 34.4. The second kappa shape index (κ2) is 37.2. The van der Waals surface area contributed by atoms with E-state index in [-0.39, 0.29) is 32.0 Å². The van der Waals surface area contributed by atoms with Gasteiger partial charge in [0.05, 0.1) is 13.2 Å². The molecule has 6 atom stereocenters. The molecule has 6 unspecified atom stereocenters. The van der Waals surface area contributed by atoms with Crippen LogP contribution in [0.1, 0.15) is 187 Å². The van der Waals surface area contributed by atoms with Crippen LogP contribution in [0.25, 0.3) is 0 Å². The zero-order valence-corrected chi connectivity index (χ0v) is 35.4. The molecule has 4 N–H and O–H groups in total. The predicted octanol–water partition coefficient (Wildman–Crippen LogP) is 9.50. The molecule has 0 amide bonds. The highest BCUT2D eigenvalue weighted by Gasteiger charge is 2.44. The maximum atomic E-state index is 12.7. The molecule has 1 rings (SSSR count). The van der Waals surface area contributed by atoms with Crippen molar-refractivity contribution in [1.29, 1.82) is 0 Å². The third-order valence-corrected chi connectivity index (χ3v) is 10.3.